The summed E-state index contributed by atoms with van der Waals surface area (Å²) in [6.45, 7) is 4.56. The predicted octanol–water partition coefficient (Wildman–Crippen LogP) is 3.47. The Morgan fingerprint density at radius 1 is 1.33 bits per heavy atom. The van der Waals surface area contributed by atoms with Crippen LogP contribution in [-0.2, 0) is 4.74 Å². The van der Waals surface area contributed by atoms with Crippen molar-refractivity contribution in [2.75, 3.05) is 19.0 Å². The first kappa shape index (κ1) is 21.6. The number of aromatic nitrogens is 3. The van der Waals surface area contributed by atoms with Gasteiger partial charge in [-0.3, -0.25) is 9.89 Å². The molecule has 9 heteroatoms. The topological polar surface area (TPSA) is 118 Å². The highest BCUT2D eigenvalue weighted by Gasteiger charge is 2.32. The fourth-order valence-electron chi connectivity index (χ4n) is 3.69. The van der Waals surface area contributed by atoms with E-state index in [2.05, 4.69) is 25.8 Å². The number of pyridine rings is 1. The zero-order chi connectivity index (χ0) is 21.5. The van der Waals surface area contributed by atoms with E-state index in [1.54, 1.807) is 12.1 Å². The van der Waals surface area contributed by atoms with Crippen LogP contribution < -0.4 is 15.4 Å². The molecule has 3 rings (SSSR count). The Morgan fingerprint density at radius 3 is 2.87 bits per heavy atom. The standard InChI is InChI=1S/C21H29N5O4/c1-4-9-22-21(28)30-13(2)14-5-6-15(10-14)17-11-18(26-25-17)24-20(27)16-7-8-19(29-3)23-12-16/h7-8,11-15H,4-6,9-10H2,1-3H3,(H,22,28)(H2,24,25,26,27)/t13?,14?,15-/m0/s1. The molecule has 3 N–H and O–H groups in total. The van der Waals surface area contributed by atoms with Gasteiger partial charge in [0, 0.05) is 36.5 Å². The van der Waals surface area contributed by atoms with E-state index >= 15 is 0 Å². The third kappa shape index (κ3) is 5.49. The lowest BCUT2D eigenvalue weighted by Gasteiger charge is -2.20. The number of nitrogens with one attached hydrogen (secondary N) is 3. The molecule has 0 radical (unpaired) electrons. The van der Waals surface area contributed by atoms with Crippen LogP contribution in [0, 0.1) is 5.92 Å². The molecule has 1 aliphatic carbocycles. The fraction of sp³-hybridized carbons (Fsp3) is 0.524. The molecule has 2 heterocycles. The molecule has 162 valence electrons. The van der Waals surface area contributed by atoms with Gasteiger partial charge in [0.15, 0.2) is 5.82 Å². The number of alkyl carbamates (subject to hydrolysis) is 1. The third-order valence-corrected chi connectivity index (χ3v) is 5.44. The summed E-state index contributed by atoms with van der Waals surface area (Å²) in [4.78, 5) is 28.2. The maximum absolute atomic E-state index is 12.4. The Bertz CT molecular complexity index is 851. The van der Waals surface area contributed by atoms with Crippen LogP contribution in [0.25, 0.3) is 0 Å². The largest absolute Gasteiger partial charge is 0.481 e. The van der Waals surface area contributed by atoms with Crippen molar-refractivity contribution in [2.45, 2.75) is 51.6 Å². The summed E-state index contributed by atoms with van der Waals surface area (Å²) in [6, 6.07) is 5.14. The average Bonchev–Trinajstić information content (AvgIpc) is 3.42. The van der Waals surface area contributed by atoms with Crippen LogP contribution in [0.4, 0.5) is 10.6 Å². The molecule has 9 nitrogen and oxygen atoms in total. The molecular weight excluding hydrogens is 386 g/mol. The number of carbonyl (C=O) groups is 2. The lowest BCUT2D eigenvalue weighted by atomic mass is 9.98. The van der Waals surface area contributed by atoms with Crippen molar-refractivity contribution in [3.8, 4) is 5.88 Å². The van der Waals surface area contributed by atoms with Crippen LogP contribution in [0.5, 0.6) is 5.88 Å². The summed E-state index contributed by atoms with van der Waals surface area (Å²) in [6.07, 6.45) is 4.70. The molecular formula is C21H29N5O4. The van der Waals surface area contributed by atoms with Gasteiger partial charge >= 0.3 is 6.09 Å². The van der Waals surface area contributed by atoms with Gasteiger partial charge in [-0.15, -0.1) is 0 Å². The van der Waals surface area contributed by atoms with Crippen LogP contribution >= 0.6 is 0 Å². The van der Waals surface area contributed by atoms with Crippen LogP contribution in [0.1, 0.15) is 61.5 Å². The van der Waals surface area contributed by atoms with Crippen molar-refractivity contribution in [2.24, 2.45) is 5.92 Å². The number of methoxy groups -OCH3 is 1. The van der Waals surface area contributed by atoms with Crippen LogP contribution in [0.2, 0.25) is 0 Å². The third-order valence-electron chi connectivity index (χ3n) is 5.44. The number of hydrogen-bond acceptors (Lipinski definition) is 6. The van der Waals surface area contributed by atoms with Gasteiger partial charge in [0.05, 0.1) is 12.7 Å². The van der Waals surface area contributed by atoms with E-state index in [9.17, 15) is 9.59 Å². The minimum atomic E-state index is -0.354. The summed E-state index contributed by atoms with van der Waals surface area (Å²) in [5.74, 6) is 1.23. The van der Waals surface area contributed by atoms with Gasteiger partial charge < -0.3 is 20.1 Å². The lowest BCUT2D eigenvalue weighted by Crippen LogP contribution is -2.31. The molecule has 1 saturated carbocycles. The van der Waals surface area contributed by atoms with Gasteiger partial charge in [-0.1, -0.05) is 6.92 Å². The Hall–Kier alpha value is -3.10. The van der Waals surface area contributed by atoms with Crippen molar-refractivity contribution >= 4 is 17.8 Å². The molecule has 30 heavy (non-hydrogen) atoms. The SMILES string of the molecule is CCCNC(=O)OC(C)C1CC[C@H](c2cc(NC(=O)c3ccc(OC)nc3)n[nH]2)C1. The normalized spacial score (nSPS) is 19.2. The number of H-pyrrole nitrogens is 1. The van der Waals surface area contributed by atoms with E-state index in [1.807, 2.05) is 19.9 Å². The molecule has 2 aromatic rings. The minimum Gasteiger partial charge on any atom is -0.481 e. The first-order valence-corrected chi connectivity index (χ1v) is 10.3. The van der Waals surface area contributed by atoms with E-state index < -0.39 is 0 Å². The van der Waals surface area contributed by atoms with Gasteiger partial charge in [0.1, 0.15) is 6.10 Å². The van der Waals surface area contributed by atoms with Gasteiger partial charge in [-0.2, -0.15) is 5.10 Å². The van der Waals surface area contributed by atoms with E-state index in [-0.39, 0.29) is 18.1 Å². The molecule has 0 aliphatic heterocycles. The second-order valence-corrected chi connectivity index (χ2v) is 7.56. The Kier molecular flexibility index (Phi) is 7.26. The predicted molar refractivity (Wildman–Crippen MR) is 112 cm³/mol. The molecule has 2 amide bonds. The summed E-state index contributed by atoms with van der Waals surface area (Å²) >= 11 is 0. The highest BCUT2D eigenvalue weighted by Crippen LogP contribution is 2.40. The van der Waals surface area contributed by atoms with E-state index in [0.717, 1.165) is 31.4 Å². The Labute approximate surface area is 175 Å². The van der Waals surface area contributed by atoms with Gasteiger partial charge in [0.2, 0.25) is 5.88 Å². The zero-order valence-electron chi connectivity index (χ0n) is 17.6. The minimum absolute atomic E-state index is 0.142. The molecule has 2 aromatic heterocycles. The molecule has 0 spiro atoms. The van der Waals surface area contributed by atoms with Crippen molar-refractivity contribution in [3.63, 3.8) is 0 Å². The quantitative estimate of drug-likeness (QED) is 0.607. The molecule has 0 aromatic carbocycles. The van der Waals surface area contributed by atoms with E-state index in [0.29, 0.717) is 35.6 Å². The van der Waals surface area contributed by atoms with Crippen molar-refractivity contribution in [1.82, 2.24) is 20.5 Å². The lowest BCUT2D eigenvalue weighted by molar-refractivity contribution is 0.0738. The summed E-state index contributed by atoms with van der Waals surface area (Å²) in [7, 11) is 1.52. The maximum atomic E-state index is 12.4. The molecule has 1 fully saturated rings. The van der Waals surface area contributed by atoms with E-state index in [1.165, 1.54) is 13.3 Å². The van der Waals surface area contributed by atoms with Gasteiger partial charge in [-0.25, -0.2) is 9.78 Å². The van der Waals surface area contributed by atoms with E-state index in [4.69, 9.17) is 9.47 Å². The number of anilines is 1. The molecule has 2 unspecified atom stereocenters. The van der Waals surface area contributed by atoms with Crippen molar-refractivity contribution in [1.29, 1.82) is 0 Å². The molecule has 0 saturated heterocycles. The number of rotatable bonds is 8. The fourth-order valence-corrected chi connectivity index (χ4v) is 3.69. The second-order valence-electron chi connectivity index (χ2n) is 7.56. The Balaban J connectivity index is 1.52. The highest BCUT2D eigenvalue weighted by atomic mass is 16.6. The van der Waals surface area contributed by atoms with Gasteiger partial charge in [-0.05, 0) is 44.6 Å². The number of amides is 2. The maximum Gasteiger partial charge on any atom is 0.407 e. The smallest absolute Gasteiger partial charge is 0.407 e. The first-order valence-electron chi connectivity index (χ1n) is 10.3. The number of hydrogen-bond donors (Lipinski definition) is 3. The van der Waals surface area contributed by atoms with Crippen LogP contribution in [-0.4, -0.2) is 46.9 Å². The summed E-state index contributed by atoms with van der Waals surface area (Å²) in [5, 5.41) is 12.8. The molecule has 0 bridgehead atoms. The number of aromatic amines is 1. The highest BCUT2D eigenvalue weighted by molar-refractivity contribution is 6.03. The summed E-state index contributed by atoms with van der Waals surface area (Å²) in [5.41, 5.74) is 1.40. The second kappa shape index (κ2) is 10.1. The number of nitrogens with zero attached hydrogens (tertiary/aromatic N) is 2. The molecule has 1 aliphatic rings. The monoisotopic (exact) mass is 415 g/mol. The first-order chi connectivity index (χ1) is 14.5. The van der Waals surface area contributed by atoms with Crippen molar-refractivity contribution in [3.05, 3.63) is 35.7 Å². The molecule has 3 atom stereocenters. The van der Waals surface area contributed by atoms with Crippen LogP contribution in [0.15, 0.2) is 24.4 Å². The average molecular weight is 415 g/mol. The number of ether oxygens (including phenoxy) is 2. The summed E-state index contributed by atoms with van der Waals surface area (Å²) < 4.78 is 10.5. The van der Waals surface area contributed by atoms with Gasteiger partial charge in [0.25, 0.3) is 5.91 Å². The van der Waals surface area contributed by atoms with Crippen LogP contribution in [0.3, 0.4) is 0 Å². The van der Waals surface area contributed by atoms with Crippen molar-refractivity contribution < 1.29 is 19.1 Å². The Morgan fingerprint density at radius 2 is 2.17 bits per heavy atom. The number of carbonyl (C=O) groups excluding carboxylic acids is 2. The zero-order valence-corrected chi connectivity index (χ0v) is 17.6.